The molecule has 6 aromatic rings. The zero-order chi connectivity index (χ0) is 29.8. The van der Waals surface area contributed by atoms with E-state index in [4.69, 9.17) is 15.0 Å². The summed E-state index contributed by atoms with van der Waals surface area (Å²) in [6, 6.07) is 24.5. The van der Waals surface area contributed by atoms with E-state index in [0.717, 1.165) is 44.8 Å². The number of anilines is 3. The minimum Gasteiger partial charge on any atom is -0.368 e. The van der Waals surface area contributed by atoms with E-state index in [-0.39, 0.29) is 5.92 Å². The average Bonchev–Trinajstić information content (AvgIpc) is 3.05. The fourth-order valence-corrected chi connectivity index (χ4v) is 4.78. The molecule has 0 spiro atoms. The Morgan fingerprint density at radius 2 is 1.26 bits per heavy atom. The fourth-order valence-electron chi connectivity index (χ4n) is 4.78. The van der Waals surface area contributed by atoms with Gasteiger partial charge in [0, 0.05) is 76.4 Å². The lowest BCUT2D eigenvalue weighted by molar-refractivity contribution is 0.815. The predicted molar refractivity (Wildman–Crippen MR) is 171 cm³/mol. The Kier molecular flexibility index (Phi) is 7.82. The van der Waals surface area contributed by atoms with Gasteiger partial charge in [0.1, 0.15) is 5.82 Å². The molecule has 0 radical (unpaired) electrons. The molecule has 0 fully saturated rings. The van der Waals surface area contributed by atoms with Gasteiger partial charge in [0.05, 0.1) is 22.5 Å². The lowest BCUT2D eigenvalue weighted by Gasteiger charge is -2.20. The second-order valence-electron chi connectivity index (χ2n) is 10.5. The number of pyridine rings is 1. The van der Waals surface area contributed by atoms with Gasteiger partial charge in [-0.2, -0.15) is 0 Å². The summed E-state index contributed by atoms with van der Waals surface area (Å²) in [4.78, 5) is 36.4. The van der Waals surface area contributed by atoms with Gasteiger partial charge in [-0.15, -0.1) is 0 Å². The highest BCUT2D eigenvalue weighted by Gasteiger charge is 2.19. The van der Waals surface area contributed by atoms with Crippen LogP contribution in [0.3, 0.4) is 0 Å². The molecule has 2 aromatic carbocycles. The van der Waals surface area contributed by atoms with E-state index >= 15 is 0 Å². The van der Waals surface area contributed by atoms with E-state index in [1.807, 2.05) is 92.8 Å². The number of aromatic nitrogens is 7. The molecule has 0 amide bonds. The Labute approximate surface area is 250 Å². The van der Waals surface area contributed by atoms with Gasteiger partial charge in [-0.05, 0) is 29.8 Å². The van der Waals surface area contributed by atoms with Crippen molar-refractivity contribution in [2.24, 2.45) is 0 Å². The molecule has 1 atom stereocenters. The molecule has 0 saturated heterocycles. The van der Waals surface area contributed by atoms with Crippen LogP contribution in [0.25, 0.3) is 33.5 Å². The van der Waals surface area contributed by atoms with Crippen LogP contribution in [0.4, 0.5) is 17.7 Å². The van der Waals surface area contributed by atoms with Crippen molar-refractivity contribution in [2.45, 2.75) is 5.92 Å². The Balaban J connectivity index is 1.35. The summed E-state index contributed by atoms with van der Waals surface area (Å²) < 4.78 is 0. The van der Waals surface area contributed by atoms with Crippen molar-refractivity contribution in [1.82, 2.24) is 34.9 Å². The molecule has 4 aromatic heterocycles. The molecule has 0 bridgehead atoms. The molecule has 10 heteroatoms. The summed E-state index contributed by atoms with van der Waals surface area (Å²) in [6.45, 7) is 0.563. The normalized spacial score (nSPS) is 11.7. The van der Waals surface area contributed by atoms with Crippen molar-refractivity contribution in [1.29, 1.82) is 0 Å². The van der Waals surface area contributed by atoms with Crippen LogP contribution in [0.1, 0.15) is 17.2 Å². The SMILES string of the molecule is CN(C)c1ncc(-c2cccc(C(CNc3nc(-c4cnc(N(C)C)nc4)nc4ccccc34)c3ccccc3)n2)cn1. The lowest BCUT2D eigenvalue weighted by atomic mass is 9.94. The van der Waals surface area contributed by atoms with Crippen LogP contribution >= 0.6 is 0 Å². The van der Waals surface area contributed by atoms with Gasteiger partial charge in [-0.3, -0.25) is 4.98 Å². The van der Waals surface area contributed by atoms with E-state index in [1.54, 1.807) is 12.4 Å². The van der Waals surface area contributed by atoms with Gasteiger partial charge >= 0.3 is 0 Å². The Bertz CT molecular complexity index is 1820. The van der Waals surface area contributed by atoms with Gasteiger partial charge in [-0.25, -0.2) is 29.9 Å². The largest absolute Gasteiger partial charge is 0.368 e. The maximum Gasteiger partial charge on any atom is 0.224 e. The maximum atomic E-state index is 5.07. The number of para-hydroxylation sites is 1. The number of hydrogen-bond donors (Lipinski definition) is 1. The third-order valence-electron chi connectivity index (χ3n) is 7.04. The van der Waals surface area contributed by atoms with Gasteiger partial charge in [0.15, 0.2) is 5.82 Å². The standard InChI is InChI=1S/C33H32N10/c1-42(2)32-35-17-23(18-36-32)27-15-10-16-29(39-27)26(22-11-6-5-7-12-22)21-34-31-25-13-8-9-14-28(25)40-30(41-31)24-19-37-33(38-20-24)43(3)4/h5-20,26H,21H2,1-4H3,(H,34,40,41). The number of rotatable bonds is 9. The molecule has 43 heavy (non-hydrogen) atoms. The first kappa shape index (κ1) is 27.6. The average molecular weight is 569 g/mol. The molecule has 10 nitrogen and oxygen atoms in total. The summed E-state index contributed by atoms with van der Waals surface area (Å²) in [6.07, 6.45) is 7.14. The van der Waals surface area contributed by atoms with Crippen LogP contribution < -0.4 is 15.1 Å². The summed E-state index contributed by atoms with van der Waals surface area (Å²) in [5, 5.41) is 4.57. The highest BCUT2D eigenvalue weighted by Crippen LogP contribution is 2.29. The van der Waals surface area contributed by atoms with Crippen molar-refractivity contribution >= 4 is 28.6 Å². The van der Waals surface area contributed by atoms with Crippen LogP contribution in [0.2, 0.25) is 0 Å². The summed E-state index contributed by atoms with van der Waals surface area (Å²) in [7, 11) is 7.66. The second-order valence-corrected chi connectivity index (χ2v) is 10.5. The summed E-state index contributed by atoms with van der Waals surface area (Å²) in [5.41, 5.74) is 5.34. The zero-order valence-corrected chi connectivity index (χ0v) is 24.5. The molecule has 0 aliphatic rings. The van der Waals surface area contributed by atoms with Gasteiger partial charge < -0.3 is 15.1 Å². The van der Waals surface area contributed by atoms with Crippen molar-refractivity contribution in [2.75, 3.05) is 49.9 Å². The van der Waals surface area contributed by atoms with E-state index in [9.17, 15) is 0 Å². The van der Waals surface area contributed by atoms with Gasteiger partial charge in [0.2, 0.25) is 11.9 Å². The topological polar surface area (TPSA) is 109 Å². The quantitative estimate of drug-likeness (QED) is 0.246. The minimum atomic E-state index is -0.0528. The van der Waals surface area contributed by atoms with E-state index in [0.29, 0.717) is 24.3 Å². The maximum absolute atomic E-state index is 5.07. The van der Waals surface area contributed by atoms with E-state index < -0.39 is 0 Å². The highest BCUT2D eigenvalue weighted by molar-refractivity contribution is 5.90. The molecule has 214 valence electrons. The van der Waals surface area contributed by atoms with Gasteiger partial charge in [0.25, 0.3) is 0 Å². The summed E-state index contributed by atoms with van der Waals surface area (Å²) in [5.74, 6) is 2.53. The van der Waals surface area contributed by atoms with Crippen LogP contribution in [0, 0.1) is 0 Å². The Morgan fingerprint density at radius 1 is 0.628 bits per heavy atom. The van der Waals surface area contributed by atoms with Gasteiger partial charge in [-0.1, -0.05) is 48.5 Å². The Morgan fingerprint density at radius 3 is 1.93 bits per heavy atom. The number of hydrogen-bond acceptors (Lipinski definition) is 10. The molecule has 0 aliphatic carbocycles. The highest BCUT2D eigenvalue weighted by atomic mass is 15.2. The monoisotopic (exact) mass is 568 g/mol. The lowest BCUT2D eigenvalue weighted by Crippen LogP contribution is -2.17. The first-order valence-electron chi connectivity index (χ1n) is 14.0. The molecule has 1 unspecified atom stereocenters. The van der Waals surface area contributed by atoms with Crippen LogP contribution in [0.5, 0.6) is 0 Å². The fraction of sp³-hybridized carbons (Fsp3) is 0.182. The third-order valence-corrected chi connectivity index (χ3v) is 7.04. The van der Waals surface area contributed by atoms with Crippen molar-refractivity contribution in [3.05, 3.63) is 109 Å². The number of nitrogens with zero attached hydrogens (tertiary/aromatic N) is 9. The molecule has 6 rings (SSSR count). The molecule has 1 N–H and O–H groups in total. The van der Waals surface area contributed by atoms with Crippen LogP contribution in [-0.2, 0) is 0 Å². The molecule has 4 heterocycles. The molecular weight excluding hydrogens is 536 g/mol. The molecule has 0 saturated carbocycles. The van der Waals surface area contributed by atoms with E-state index in [2.05, 4.69) is 55.6 Å². The van der Waals surface area contributed by atoms with Crippen LogP contribution in [-0.4, -0.2) is 69.6 Å². The van der Waals surface area contributed by atoms with Crippen molar-refractivity contribution in [3.63, 3.8) is 0 Å². The Hall–Kier alpha value is -5.51. The molecular formula is C33H32N10. The number of nitrogens with one attached hydrogen (secondary N) is 1. The summed E-state index contributed by atoms with van der Waals surface area (Å²) >= 11 is 0. The zero-order valence-electron chi connectivity index (χ0n) is 24.5. The first-order chi connectivity index (χ1) is 21.0. The van der Waals surface area contributed by atoms with E-state index in [1.165, 1.54) is 0 Å². The minimum absolute atomic E-state index is 0.0528. The molecule has 0 aliphatic heterocycles. The second kappa shape index (κ2) is 12.2. The number of benzene rings is 2. The van der Waals surface area contributed by atoms with Crippen LogP contribution in [0.15, 0.2) is 97.6 Å². The third kappa shape index (κ3) is 6.08. The van der Waals surface area contributed by atoms with Crippen molar-refractivity contribution in [3.8, 4) is 22.6 Å². The smallest absolute Gasteiger partial charge is 0.224 e. The first-order valence-corrected chi connectivity index (χ1v) is 14.0. The number of fused-ring (bicyclic) bond motifs is 1. The van der Waals surface area contributed by atoms with Crippen molar-refractivity contribution < 1.29 is 0 Å². The predicted octanol–water partition coefficient (Wildman–Crippen LogP) is 5.31.